The smallest absolute Gasteiger partial charge is 0.450 e. The van der Waals surface area contributed by atoms with Crippen molar-refractivity contribution in [3.05, 3.63) is 47.5 Å². The van der Waals surface area contributed by atoms with Crippen molar-refractivity contribution in [2.24, 2.45) is 0 Å². The van der Waals surface area contributed by atoms with E-state index in [1.807, 2.05) is 0 Å². The molecular weight excluding hydrogens is 273 g/mol. The Hall–Kier alpha value is -2.11. The van der Waals surface area contributed by atoms with Crippen molar-refractivity contribution < 1.29 is 27.9 Å². The van der Waals surface area contributed by atoms with E-state index in [4.69, 9.17) is 5.11 Å². The van der Waals surface area contributed by atoms with Gasteiger partial charge in [0.15, 0.2) is 0 Å². The van der Waals surface area contributed by atoms with E-state index >= 15 is 0 Å². The summed E-state index contributed by atoms with van der Waals surface area (Å²) in [5.41, 5.74) is 0.259. The number of rotatable bonds is 5. The number of allylic oxidation sites excluding steroid dienone is 1. The summed E-state index contributed by atoms with van der Waals surface area (Å²) in [6, 6.07) is 7.49. The zero-order valence-electron chi connectivity index (χ0n) is 10.6. The van der Waals surface area contributed by atoms with Crippen molar-refractivity contribution in [2.75, 3.05) is 0 Å². The molecule has 1 N–H and O–H groups in total. The van der Waals surface area contributed by atoms with E-state index in [0.717, 1.165) is 6.08 Å². The predicted molar refractivity (Wildman–Crippen MR) is 66.3 cm³/mol. The highest BCUT2D eigenvalue weighted by molar-refractivity contribution is 5.93. The van der Waals surface area contributed by atoms with Gasteiger partial charge in [-0.05, 0) is 12.5 Å². The van der Waals surface area contributed by atoms with Gasteiger partial charge < -0.3 is 5.11 Å². The third-order valence-corrected chi connectivity index (χ3v) is 2.73. The Morgan fingerprint density at radius 3 is 2.25 bits per heavy atom. The molecule has 0 saturated heterocycles. The lowest BCUT2D eigenvalue weighted by atomic mass is 9.87. The van der Waals surface area contributed by atoms with E-state index in [-0.39, 0.29) is 11.1 Å². The molecule has 1 aromatic carbocycles. The number of halogens is 3. The van der Waals surface area contributed by atoms with Gasteiger partial charge in [0.2, 0.25) is 5.78 Å². The molecule has 1 unspecified atom stereocenters. The van der Waals surface area contributed by atoms with Crippen LogP contribution >= 0.6 is 0 Å². The highest BCUT2D eigenvalue weighted by atomic mass is 19.4. The quantitative estimate of drug-likeness (QED) is 0.845. The second kappa shape index (κ2) is 6.36. The lowest BCUT2D eigenvalue weighted by molar-refractivity contribution is -0.171. The second-order valence-corrected chi connectivity index (χ2v) is 4.25. The first-order chi connectivity index (χ1) is 9.23. The second-order valence-electron chi connectivity index (χ2n) is 4.25. The van der Waals surface area contributed by atoms with Crippen LogP contribution in [0.2, 0.25) is 0 Å². The Morgan fingerprint density at radius 2 is 1.80 bits per heavy atom. The summed E-state index contributed by atoms with van der Waals surface area (Å²) in [5, 5.41) is 8.56. The number of ketones is 1. The van der Waals surface area contributed by atoms with Crippen LogP contribution in [0.5, 0.6) is 0 Å². The Labute approximate surface area is 113 Å². The molecule has 3 nitrogen and oxygen atoms in total. The molecule has 0 aromatic heterocycles. The first kappa shape index (κ1) is 15.9. The van der Waals surface area contributed by atoms with Crippen molar-refractivity contribution in [1.82, 2.24) is 0 Å². The molecule has 0 aliphatic carbocycles. The summed E-state index contributed by atoms with van der Waals surface area (Å²) < 4.78 is 38.0. The molecule has 1 atom stereocenters. The van der Waals surface area contributed by atoms with Crippen LogP contribution in [0.3, 0.4) is 0 Å². The summed E-state index contributed by atoms with van der Waals surface area (Å²) in [4.78, 5) is 22.0. The molecule has 0 amide bonds. The van der Waals surface area contributed by atoms with Crippen LogP contribution in [0.15, 0.2) is 42.0 Å². The monoisotopic (exact) mass is 286 g/mol. The van der Waals surface area contributed by atoms with Gasteiger partial charge in [-0.2, -0.15) is 13.2 Å². The van der Waals surface area contributed by atoms with Gasteiger partial charge >= 0.3 is 12.1 Å². The fourth-order valence-electron chi connectivity index (χ4n) is 1.80. The number of alkyl halides is 3. The molecule has 108 valence electrons. The largest absolute Gasteiger partial charge is 0.481 e. The fourth-order valence-corrected chi connectivity index (χ4v) is 1.80. The average molecular weight is 286 g/mol. The van der Waals surface area contributed by atoms with Crippen LogP contribution in [-0.2, 0) is 9.59 Å². The van der Waals surface area contributed by atoms with Crippen LogP contribution in [0.1, 0.15) is 24.8 Å². The number of carbonyl (C=O) groups excluding carboxylic acids is 1. The summed E-state index contributed by atoms with van der Waals surface area (Å²) in [5.74, 6) is -4.57. The maximum absolute atomic E-state index is 12.7. The standard InChI is InChI=1S/C14H13F3O3/c1-9(7-8-11(18)19)12(13(20)14(15,16)17)10-5-3-2-4-6-10/h2-7,12H,8H2,1H3,(H,18,19)/b9-7+. The molecule has 1 aromatic rings. The molecule has 0 fully saturated rings. The molecule has 0 bridgehead atoms. The third-order valence-electron chi connectivity index (χ3n) is 2.73. The number of hydrogen-bond acceptors (Lipinski definition) is 2. The highest BCUT2D eigenvalue weighted by Gasteiger charge is 2.44. The number of hydrogen-bond donors (Lipinski definition) is 1. The zero-order valence-corrected chi connectivity index (χ0v) is 10.6. The topological polar surface area (TPSA) is 54.4 Å². The third kappa shape index (κ3) is 4.22. The Morgan fingerprint density at radius 1 is 1.25 bits per heavy atom. The molecule has 0 saturated carbocycles. The van der Waals surface area contributed by atoms with E-state index in [1.54, 1.807) is 6.07 Å². The molecule has 6 heteroatoms. The first-order valence-corrected chi connectivity index (χ1v) is 5.78. The fraction of sp³-hybridized carbons (Fsp3) is 0.286. The average Bonchev–Trinajstić information content (AvgIpc) is 2.36. The molecule has 0 heterocycles. The van der Waals surface area contributed by atoms with E-state index < -0.39 is 30.3 Å². The van der Waals surface area contributed by atoms with Crippen LogP contribution in [-0.4, -0.2) is 23.0 Å². The summed E-state index contributed by atoms with van der Waals surface area (Å²) in [6.07, 6.45) is -4.28. The van der Waals surface area contributed by atoms with Gasteiger partial charge in [0, 0.05) is 0 Å². The van der Waals surface area contributed by atoms with E-state index in [9.17, 15) is 22.8 Å². The van der Waals surface area contributed by atoms with Crippen LogP contribution < -0.4 is 0 Å². The van der Waals surface area contributed by atoms with Crippen molar-refractivity contribution >= 4 is 11.8 Å². The summed E-state index contributed by atoms with van der Waals surface area (Å²) >= 11 is 0. The SMILES string of the molecule is C/C(=C\CC(=O)O)C(C(=O)C(F)(F)F)c1ccccc1. The molecule has 0 aliphatic rings. The molecule has 0 spiro atoms. The number of aliphatic carboxylic acids is 1. The van der Waals surface area contributed by atoms with Gasteiger partial charge in [-0.25, -0.2) is 0 Å². The Balaban J connectivity index is 3.19. The van der Waals surface area contributed by atoms with Gasteiger partial charge in [-0.3, -0.25) is 9.59 Å². The minimum Gasteiger partial charge on any atom is -0.481 e. The van der Waals surface area contributed by atoms with Crippen LogP contribution in [0, 0.1) is 0 Å². The Bertz CT molecular complexity index is 518. The van der Waals surface area contributed by atoms with Crippen molar-refractivity contribution in [3.8, 4) is 0 Å². The number of carbonyl (C=O) groups is 2. The summed E-state index contributed by atoms with van der Waals surface area (Å²) in [7, 11) is 0. The first-order valence-electron chi connectivity index (χ1n) is 5.78. The van der Waals surface area contributed by atoms with Gasteiger partial charge in [0.25, 0.3) is 0 Å². The van der Waals surface area contributed by atoms with E-state index in [2.05, 4.69) is 0 Å². The van der Waals surface area contributed by atoms with Gasteiger partial charge in [0.05, 0.1) is 12.3 Å². The molecule has 0 radical (unpaired) electrons. The highest BCUT2D eigenvalue weighted by Crippen LogP contribution is 2.32. The minimum absolute atomic E-state index is 0.0703. The van der Waals surface area contributed by atoms with Gasteiger partial charge in [-0.1, -0.05) is 42.0 Å². The van der Waals surface area contributed by atoms with Crippen molar-refractivity contribution in [2.45, 2.75) is 25.4 Å². The number of carboxylic acid groups (broad SMARTS) is 1. The van der Waals surface area contributed by atoms with Gasteiger partial charge in [0.1, 0.15) is 0 Å². The number of Topliss-reactive ketones (excluding diaryl/α,β-unsaturated/α-hetero) is 1. The molecule has 0 aliphatic heterocycles. The predicted octanol–water partition coefficient (Wildman–Crippen LogP) is 3.32. The lowest BCUT2D eigenvalue weighted by Crippen LogP contribution is -2.30. The van der Waals surface area contributed by atoms with Crippen molar-refractivity contribution in [3.63, 3.8) is 0 Å². The molecule has 20 heavy (non-hydrogen) atoms. The lowest BCUT2D eigenvalue weighted by Gasteiger charge is -2.18. The van der Waals surface area contributed by atoms with E-state index in [1.165, 1.54) is 31.2 Å². The number of carboxylic acids is 1. The minimum atomic E-state index is -4.97. The van der Waals surface area contributed by atoms with Crippen LogP contribution in [0.4, 0.5) is 13.2 Å². The van der Waals surface area contributed by atoms with Gasteiger partial charge in [-0.15, -0.1) is 0 Å². The van der Waals surface area contributed by atoms with E-state index in [0.29, 0.717) is 0 Å². The maximum Gasteiger partial charge on any atom is 0.450 e. The summed E-state index contributed by atoms with van der Waals surface area (Å²) in [6.45, 7) is 1.32. The number of benzene rings is 1. The van der Waals surface area contributed by atoms with Crippen molar-refractivity contribution in [1.29, 1.82) is 0 Å². The Kier molecular flexibility index (Phi) is 5.07. The normalized spacial score (nSPS) is 13.9. The maximum atomic E-state index is 12.7. The van der Waals surface area contributed by atoms with Crippen LogP contribution in [0.25, 0.3) is 0 Å². The molecule has 1 rings (SSSR count). The molecular formula is C14H13F3O3. The zero-order chi connectivity index (χ0) is 15.3.